The smallest absolute Gasteiger partial charge is 0.259 e. The van der Waals surface area contributed by atoms with Gasteiger partial charge in [-0.1, -0.05) is 23.5 Å². The summed E-state index contributed by atoms with van der Waals surface area (Å²) >= 11 is 1.24. The first-order valence-electron chi connectivity index (χ1n) is 11.6. The highest BCUT2D eigenvalue weighted by atomic mass is 32.2. The van der Waals surface area contributed by atoms with Crippen LogP contribution in [0.1, 0.15) is 44.8 Å². The molecule has 0 spiro atoms. The Morgan fingerprint density at radius 3 is 2.54 bits per heavy atom. The van der Waals surface area contributed by atoms with Crippen LogP contribution in [-0.4, -0.2) is 55.0 Å². The van der Waals surface area contributed by atoms with Crippen molar-refractivity contribution in [3.63, 3.8) is 0 Å². The molecule has 3 aromatic rings. The van der Waals surface area contributed by atoms with Crippen LogP contribution in [0.2, 0.25) is 0 Å². The molecule has 2 atom stereocenters. The van der Waals surface area contributed by atoms with Crippen LogP contribution in [0.3, 0.4) is 0 Å². The molecule has 1 aliphatic carbocycles. The zero-order valence-corrected chi connectivity index (χ0v) is 21.1. The van der Waals surface area contributed by atoms with Crippen LogP contribution in [-0.2, 0) is 24.1 Å². The number of rotatable bonds is 9. The second-order valence-corrected chi connectivity index (χ2v) is 12.2. The summed E-state index contributed by atoms with van der Waals surface area (Å²) in [5, 5.41) is 2.94. The Hall–Kier alpha value is -2.60. The van der Waals surface area contributed by atoms with Crippen molar-refractivity contribution < 1.29 is 27.4 Å². The van der Waals surface area contributed by atoms with Gasteiger partial charge >= 0.3 is 0 Å². The zero-order valence-electron chi connectivity index (χ0n) is 19.5. The van der Waals surface area contributed by atoms with Gasteiger partial charge < -0.3 is 14.2 Å². The summed E-state index contributed by atoms with van der Waals surface area (Å²) in [6.07, 6.45) is 0.897. The first-order valence-corrected chi connectivity index (χ1v) is 14.0. The molecule has 1 aliphatic heterocycles. The number of sulfone groups is 1. The molecule has 35 heavy (non-hydrogen) atoms. The lowest BCUT2D eigenvalue weighted by Gasteiger charge is -2.21. The Morgan fingerprint density at radius 2 is 1.89 bits per heavy atom. The lowest BCUT2D eigenvalue weighted by Crippen LogP contribution is -2.28. The lowest BCUT2D eigenvalue weighted by molar-refractivity contribution is -0.131. The largest absolute Gasteiger partial charge is 0.475 e. The molecule has 1 aromatic carbocycles. The molecule has 5 rings (SSSR count). The third-order valence-corrected chi connectivity index (χ3v) is 8.90. The van der Waals surface area contributed by atoms with Crippen molar-refractivity contribution in [1.82, 2.24) is 9.97 Å². The molecule has 0 radical (unpaired) electrons. The first-order chi connectivity index (χ1) is 16.8. The van der Waals surface area contributed by atoms with Crippen LogP contribution < -0.4 is 10.1 Å². The van der Waals surface area contributed by atoms with E-state index in [2.05, 4.69) is 15.3 Å². The van der Waals surface area contributed by atoms with E-state index < -0.39 is 21.8 Å². The van der Waals surface area contributed by atoms with Gasteiger partial charge in [0.15, 0.2) is 21.1 Å². The number of amides is 1. The molecule has 1 amide bonds. The van der Waals surface area contributed by atoms with Crippen LogP contribution in [0, 0.1) is 0 Å². The minimum atomic E-state index is -3.31. The predicted molar refractivity (Wildman–Crippen MR) is 132 cm³/mol. The molecule has 9 nitrogen and oxygen atoms in total. The molecular formula is C24H27N3O6S2. The van der Waals surface area contributed by atoms with E-state index in [4.69, 9.17) is 14.2 Å². The van der Waals surface area contributed by atoms with Gasteiger partial charge in [-0.25, -0.2) is 18.4 Å². The number of benzene rings is 1. The third kappa shape index (κ3) is 5.48. The van der Waals surface area contributed by atoms with Gasteiger partial charge in [0.1, 0.15) is 10.3 Å². The fourth-order valence-electron chi connectivity index (χ4n) is 3.84. The Labute approximate surface area is 207 Å². The highest BCUT2D eigenvalue weighted by molar-refractivity contribution is 7.92. The third-order valence-electron chi connectivity index (χ3n) is 5.75. The summed E-state index contributed by atoms with van der Waals surface area (Å²) < 4.78 is 42.2. The highest BCUT2D eigenvalue weighted by Crippen LogP contribution is 2.34. The number of anilines is 1. The number of ether oxygens (including phenoxy) is 3. The summed E-state index contributed by atoms with van der Waals surface area (Å²) in [6, 6.07) is 9.94. The van der Waals surface area contributed by atoms with Gasteiger partial charge in [-0.3, -0.25) is 10.1 Å². The Bertz CT molecular complexity index is 1310. The number of aromatic nitrogens is 2. The average Bonchev–Trinajstić information content (AvgIpc) is 3.43. The summed E-state index contributed by atoms with van der Waals surface area (Å²) in [7, 11) is -3.31. The molecule has 1 N–H and O–H groups in total. The van der Waals surface area contributed by atoms with E-state index in [0.29, 0.717) is 59.4 Å². The zero-order chi connectivity index (χ0) is 24.6. The SMILES string of the molecule is CC(C)Oc1ccc2nc(NC(=O)[C@H](O[C@@H]3CCOC3)c3ccc(S(=O)(=O)C4CC4)cc3)sc2n1. The number of nitrogens with one attached hydrogen (secondary N) is 1. The number of thiazole rings is 1. The fraction of sp³-hybridized carbons (Fsp3) is 0.458. The molecule has 0 bridgehead atoms. The number of pyridine rings is 1. The molecule has 3 heterocycles. The van der Waals surface area contributed by atoms with Gasteiger partial charge in [-0.05, 0) is 56.9 Å². The number of carbonyl (C=O) groups excluding carboxylic acids is 1. The normalized spacial score (nSPS) is 19.2. The number of carbonyl (C=O) groups is 1. The molecule has 0 unspecified atom stereocenters. The van der Waals surface area contributed by atoms with Crippen molar-refractivity contribution in [2.45, 2.75) is 61.6 Å². The second-order valence-electron chi connectivity index (χ2n) is 8.96. The quantitative estimate of drug-likeness (QED) is 0.454. The number of hydrogen-bond donors (Lipinski definition) is 1. The van der Waals surface area contributed by atoms with E-state index in [0.717, 1.165) is 0 Å². The van der Waals surface area contributed by atoms with E-state index in [1.165, 1.54) is 11.3 Å². The highest BCUT2D eigenvalue weighted by Gasteiger charge is 2.37. The maximum absolute atomic E-state index is 13.3. The molecular weight excluding hydrogens is 490 g/mol. The van der Waals surface area contributed by atoms with Crippen molar-refractivity contribution in [3.8, 4) is 5.88 Å². The van der Waals surface area contributed by atoms with Gasteiger partial charge in [0.25, 0.3) is 5.91 Å². The van der Waals surface area contributed by atoms with Crippen LogP contribution in [0.15, 0.2) is 41.3 Å². The summed E-state index contributed by atoms with van der Waals surface area (Å²) in [4.78, 5) is 23.2. The van der Waals surface area contributed by atoms with Gasteiger partial charge in [0.2, 0.25) is 5.88 Å². The number of hydrogen-bond acceptors (Lipinski definition) is 9. The Morgan fingerprint density at radius 1 is 1.11 bits per heavy atom. The van der Waals surface area contributed by atoms with Crippen molar-refractivity contribution in [2.24, 2.45) is 0 Å². The van der Waals surface area contributed by atoms with E-state index >= 15 is 0 Å². The van der Waals surface area contributed by atoms with Crippen molar-refractivity contribution in [2.75, 3.05) is 18.5 Å². The number of fused-ring (bicyclic) bond motifs is 1. The van der Waals surface area contributed by atoms with E-state index in [9.17, 15) is 13.2 Å². The maximum Gasteiger partial charge on any atom is 0.259 e. The summed E-state index contributed by atoms with van der Waals surface area (Å²) in [5.41, 5.74) is 1.22. The predicted octanol–water partition coefficient (Wildman–Crippen LogP) is 3.90. The minimum Gasteiger partial charge on any atom is -0.475 e. The molecule has 11 heteroatoms. The molecule has 2 aromatic heterocycles. The van der Waals surface area contributed by atoms with E-state index in [-0.39, 0.29) is 22.4 Å². The molecule has 1 saturated heterocycles. The Kier molecular flexibility index (Phi) is 6.75. The molecule has 2 aliphatic rings. The van der Waals surface area contributed by atoms with Gasteiger partial charge in [-0.2, -0.15) is 0 Å². The molecule has 1 saturated carbocycles. The average molecular weight is 518 g/mol. The van der Waals surface area contributed by atoms with Crippen molar-refractivity contribution >= 4 is 42.6 Å². The Balaban J connectivity index is 1.37. The standard InChI is InChI=1S/C24H27N3O6S2/c1-14(2)32-20-10-9-19-23(26-20)34-24(25-19)27-22(28)21(33-16-11-12-31-13-16)15-3-5-17(6-4-15)35(29,30)18-7-8-18/h3-6,9-10,14,16,18,21H,7-8,11-13H2,1-2H3,(H,25,27,28)/t16-,21-/m1/s1. The summed E-state index contributed by atoms with van der Waals surface area (Å²) in [5.74, 6) is 0.102. The van der Waals surface area contributed by atoms with Crippen LogP contribution in [0.5, 0.6) is 5.88 Å². The first kappa shape index (κ1) is 24.1. The maximum atomic E-state index is 13.3. The second kappa shape index (κ2) is 9.81. The van der Waals surface area contributed by atoms with Crippen LogP contribution >= 0.6 is 11.3 Å². The van der Waals surface area contributed by atoms with Crippen LogP contribution in [0.4, 0.5) is 5.13 Å². The minimum absolute atomic E-state index is 0.00447. The number of nitrogens with zero attached hydrogens (tertiary/aromatic N) is 2. The molecule has 186 valence electrons. The summed E-state index contributed by atoms with van der Waals surface area (Å²) in [6.45, 7) is 4.82. The lowest BCUT2D eigenvalue weighted by atomic mass is 10.1. The van der Waals surface area contributed by atoms with E-state index in [1.54, 1.807) is 36.4 Å². The monoisotopic (exact) mass is 517 g/mol. The molecule has 2 fully saturated rings. The van der Waals surface area contributed by atoms with Gasteiger partial charge in [-0.15, -0.1) is 0 Å². The van der Waals surface area contributed by atoms with E-state index in [1.807, 2.05) is 13.8 Å². The fourth-order valence-corrected chi connectivity index (χ4v) is 6.33. The van der Waals surface area contributed by atoms with Crippen molar-refractivity contribution in [1.29, 1.82) is 0 Å². The van der Waals surface area contributed by atoms with Crippen molar-refractivity contribution in [3.05, 3.63) is 42.0 Å². The topological polar surface area (TPSA) is 117 Å². The van der Waals surface area contributed by atoms with Gasteiger partial charge in [0, 0.05) is 12.7 Å². The van der Waals surface area contributed by atoms with Crippen LogP contribution in [0.25, 0.3) is 10.3 Å². The van der Waals surface area contributed by atoms with Gasteiger partial charge in [0.05, 0.1) is 29.0 Å².